The van der Waals surface area contributed by atoms with E-state index in [-0.39, 0.29) is 10.9 Å². The van der Waals surface area contributed by atoms with Crippen LogP contribution >= 0.6 is 0 Å². The van der Waals surface area contributed by atoms with E-state index in [4.69, 9.17) is 5.11 Å². The average molecular weight is 315 g/mol. The standard InChI is InChI=1S/C13H21N3O4S/c1-4-10(5-2)16-21(19,20)11-6-7-12(14-8-11)15-9(3)13(17)18/h6-10,16H,4-5H2,1-3H3,(H,14,15)(H,17,18)/t9-/m0/s1. The predicted octanol–water partition coefficient (Wildman–Crippen LogP) is 1.43. The maximum absolute atomic E-state index is 12.1. The first kappa shape index (κ1) is 17.4. The molecule has 0 bridgehead atoms. The summed E-state index contributed by atoms with van der Waals surface area (Å²) in [5.41, 5.74) is 0. The molecule has 0 aromatic carbocycles. The summed E-state index contributed by atoms with van der Waals surface area (Å²) in [6.07, 6.45) is 2.62. The first-order valence-electron chi connectivity index (χ1n) is 6.77. The summed E-state index contributed by atoms with van der Waals surface area (Å²) in [5, 5.41) is 11.4. The van der Waals surface area contributed by atoms with Gasteiger partial charge in [-0.3, -0.25) is 4.79 Å². The molecule has 1 aromatic rings. The Labute approximate surface area is 124 Å². The van der Waals surface area contributed by atoms with Crippen molar-refractivity contribution in [3.63, 3.8) is 0 Å². The predicted molar refractivity (Wildman–Crippen MR) is 79.6 cm³/mol. The number of hydrogen-bond acceptors (Lipinski definition) is 5. The van der Waals surface area contributed by atoms with Crippen LogP contribution in [0.4, 0.5) is 5.82 Å². The number of pyridine rings is 1. The van der Waals surface area contributed by atoms with Gasteiger partial charge in [-0.1, -0.05) is 13.8 Å². The summed E-state index contributed by atoms with van der Waals surface area (Å²) in [5.74, 6) is -0.699. The lowest BCUT2D eigenvalue weighted by Gasteiger charge is -2.15. The fraction of sp³-hybridized carbons (Fsp3) is 0.538. The van der Waals surface area contributed by atoms with Crippen LogP contribution in [0, 0.1) is 0 Å². The number of hydrogen-bond donors (Lipinski definition) is 3. The minimum Gasteiger partial charge on any atom is -0.480 e. The molecule has 0 saturated carbocycles. The normalized spacial score (nSPS) is 13.1. The highest BCUT2D eigenvalue weighted by molar-refractivity contribution is 7.89. The van der Waals surface area contributed by atoms with Crippen LogP contribution in [0.15, 0.2) is 23.2 Å². The van der Waals surface area contributed by atoms with Crippen molar-refractivity contribution in [3.05, 3.63) is 18.3 Å². The number of carboxylic acid groups (broad SMARTS) is 1. The van der Waals surface area contributed by atoms with E-state index in [2.05, 4.69) is 15.0 Å². The SMILES string of the molecule is CCC(CC)NS(=O)(=O)c1ccc(N[C@@H](C)C(=O)O)nc1. The Morgan fingerprint density at radius 1 is 1.33 bits per heavy atom. The zero-order chi connectivity index (χ0) is 16.0. The lowest BCUT2D eigenvalue weighted by atomic mass is 10.2. The molecule has 0 saturated heterocycles. The molecule has 0 spiro atoms. The lowest BCUT2D eigenvalue weighted by molar-refractivity contribution is -0.137. The minimum absolute atomic E-state index is 0.0583. The van der Waals surface area contributed by atoms with Gasteiger partial charge in [0.25, 0.3) is 0 Å². The number of nitrogens with one attached hydrogen (secondary N) is 2. The summed E-state index contributed by atoms with van der Waals surface area (Å²) in [4.78, 5) is 14.7. The van der Waals surface area contributed by atoms with Crippen LogP contribution in [-0.2, 0) is 14.8 Å². The van der Waals surface area contributed by atoms with Crippen molar-refractivity contribution in [2.24, 2.45) is 0 Å². The molecule has 1 heterocycles. The molecule has 8 heteroatoms. The molecule has 21 heavy (non-hydrogen) atoms. The summed E-state index contributed by atoms with van der Waals surface area (Å²) >= 11 is 0. The van der Waals surface area contributed by atoms with Crippen LogP contribution in [-0.4, -0.2) is 36.6 Å². The van der Waals surface area contributed by atoms with Crippen molar-refractivity contribution >= 4 is 21.8 Å². The Kier molecular flexibility index (Phi) is 6.10. The summed E-state index contributed by atoms with van der Waals surface area (Å²) < 4.78 is 26.9. The number of rotatable bonds is 8. The number of aliphatic carboxylic acids is 1. The van der Waals surface area contributed by atoms with Gasteiger partial charge in [-0.25, -0.2) is 18.1 Å². The second-order valence-corrected chi connectivity index (χ2v) is 6.43. The summed E-state index contributed by atoms with van der Waals surface area (Å²) in [7, 11) is -3.60. The monoisotopic (exact) mass is 315 g/mol. The molecular formula is C13H21N3O4S. The van der Waals surface area contributed by atoms with Crippen molar-refractivity contribution in [2.45, 2.75) is 50.6 Å². The molecule has 1 atom stereocenters. The smallest absolute Gasteiger partial charge is 0.325 e. The molecule has 0 aliphatic carbocycles. The van der Waals surface area contributed by atoms with Gasteiger partial charge >= 0.3 is 5.97 Å². The second kappa shape index (κ2) is 7.37. The topological polar surface area (TPSA) is 108 Å². The Balaban J connectivity index is 2.84. The molecular weight excluding hydrogens is 294 g/mol. The van der Waals surface area contributed by atoms with E-state index in [1.807, 2.05) is 13.8 Å². The highest BCUT2D eigenvalue weighted by Crippen LogP contribution is 2.13. The number of carboxylic acids is 1. The van der Waals surface area contributed by atoms with Gasteiger partial charge in [0.05, 0.1) is 0 Å². The van der Waals surface area contributed by atoms with Gasteiger partial charge in [0.15, 0.2) is 0 Å². The lowest BCUT2D eigenvalue weighted by Crippen LogP contribution is -2.34. The van der Waals surface area contributed by atoms with Crippen molar-refractivity contribution in [1.82, 2.24) is 9.71 Å². The summed E-state index contributed by atoms with van der Waals surface area (Å²) in [6.45, 7) is 5.30. The molecule has 0 aliphatic heterocycles. The summed E-state index contributed by atoms with van der Waals surface area (Å²) in [6, 6.07) is 1.93. The van der Waals surface area contributed by atoms with Gasteiger partial charge in [0, 0.05) is 12.2 Å². The largest absolute Gasteiger partial charge is 0.480 e. The number of nitrogens with zero attached hydrogens (tertiary/aromatic N) is 1. The molecule has 0 amide bonds. The second-order valence-electron chi connectivity index (χ2n) is 4.72. The van der Waals surface area contributed by atoms with Gasteiger partial charge in [-0.05, 0) is 31.9 Å². The fourth-order valence-corrected chi connectivity index (χ4v) is 3.00. The number of carbonyl (C=O) groups is 1. The van der Waals surface area contributed by atoms with Gasteiger partial charge < -0.3 is 10.4 Å². The van der Waals surface area contributed by atoms with E-state index in [9.17, 15) is 13.2 Å². The van der Waals surface area contributed by atoms with E-state index in [0.717, 1.165) is 0 Å². The first-order chi connectivity index (χ1) is 9.80. The Hall–Kier alpha value is -1.67. The maximum Gasteiger partial charge on any atom is 0.325 e. The maximum atomic E-state index is 12.1. The molecule has 0 radical (unpaired) electrons. The quantitative estimate of drug-likeness (QED) is 0.670. The van der Waals surface area contributed by atoms with Crippen molar-refractivity contribution in [2.75, 3.05) is 5.32 Å². The number of aromatic nitrogens is 1. The van der Waals surface area contributed by atoms with Crippen LogP contribution in [0.25, 0.3) is 0 Å². The third kappa shape index (κ3) is 4.98. The van der Waals surface area contributed by atoms with E-state index >= 15 is 0 Å². The minimum atomic E-state index is -3.60. The van der Waals surface area contributed by atoms with Crippen molar-refractivity contribution in [1.29, 1.82) is 0 Å². The molecule has 3 N–H and O–H groups in total. The Morgan fingerprint density at radius 3 is 2.38 bits per heavy atom. The van der Waals surface area contributed by atoms with Crippen LogP contribution in [0.3, 0.4) is 0 Å². The highest BCUT2D eigenvalue weighted by atomic mass is 32.2. The zero-order valence-electron chi connectivity index (χ0n) is 12.3. The molecule has 1 aromatic heterocycles. The number of anilines is 1. The Bertz CT molecular complexity index is 568. The molecule has 7 nitrogen and oxygen atoms in total. The van der Waals surface area contributed by atoms with Gasteiger partial charge in [-0.2, -0.15) is 0 Å². The fourth-order valence-electron chi connectivity index (χ4n) is 1.65. The van der Waals surface area contributed by atoms with Gasteiger partial charge in [-0.15, -0.1) is 0 Å². The first-order valence-corrected chi connectivity index (χ1v) is 8.26. The number of sulfonamides is 1. The van der Waals surface area contributed by atoms with E-state index in [1.54, 1.807) is 0 Å². The third-order valence-corrected chi connectivity index (χ3v) is 4.59. The van der Waals surface area contributed by atoms with Gasteiger partial charge in [0.1, 0.15) is 16.8 Å². The van der Waals surface area contributed by atoms with E-state index in [0.29, 0.717) is 18.7 Å². The third-order valence-electron chi connectivity index (χ3n) is 3.09. The average Bonchev–Trinajstić information content (AvgIpc) is 2.45. The van der Waals surface area contributed by atoms with Crippen LogP contribution in [0.2, 0.25) is 0 Å². The Morgan fingerprint density at radius 2 is 1.95 bits per heavy atom. The van der Waals surface area contributed by atoms with Gasteiger partial charge in [0.2, 0.25) is 10.0 Å². The van der Waals surface area contributed by atoms with Crippen molar-refractivity contribution in [3.8, 4) is 0 Å². The van der Waals surface area contributed by atoms with Crippen LogP contribution in [0.1, 0.15) is 33.6 Å². The van der Waals surface area contributed by atoms with Crippen LogP contribution < -0.4 is 10.0 Å². The molecule has 0 unspecified atom stereocenters. The zero-order valence-corrected chi connectivity index (χ0v) is 13.1. The van der Waals surface area contributed by atoms with Crippen molar-refractivity contribution < 1.29 is 18.3 Å². The van der Waals surface area contributed by atoms with E-state index < -0.39 is 22.0 Å². The molecule has 0 fully saturated rings. The highest BCUT2D eigenvalue weighted by Gasteiger charge is 2.18. The molecule has 1 rings (SSSR count). The molecule has 0 aliphatic rings. The molecule has 118 valence electrons. The van der Waals surface area contributed by atoms with E-state index in [1.165, 1.54) is 25.3 Å². The van der Waals surface area contributed by atoms with Crippen LogP contribution in [0.5, 0.6) is 0 Å².